The predicted molar refractivity (Wildman–Crippen MR) is 126 cm³/mol. The smallest absolute Gasteiger partial charge is 0.326 e. The summed E-state index contributed by atoms with van der Waals surface area (Å²) in [6.45, 7) is 0.229. The number of ether oxygens (including phenoxy) is 1. The summed E-state index contributed by atoms with van der Waals surface area (Å²) in [6.07, 6.45) is 2.17. The lowest BCUT2D eigenvalue weighted by Gasteiger charge is -2.34. The lowest BCUT2D eigenvalue weighted by atomic mass is 9.93. The Morgan fingerprint density at radius 1 is 0.941 bits per heavy atom. The molecule has 1 amide bonds. The van der Waals surface area contributed by atoms with Gasteiger partial charge in [0.1, 0.15) is 11.8 Å². The number of aromatic amines is 1. The summed E-state index contributed by atoms with van der Waals surface area (Å²) < 4.78 is 5.45. The van der Waals surface area contributed by atoms with E-state index in [-0.39, 0.29) is 25.3 Å². The molecule has 0 saturated carbocycles. The number of para-hydroxylation sites is 1. The van der Waals surface area contributed by atoms with Gasteiger partial charge in [0.05, 0.1) is 6.42 Å². The number of esters is 1. The van der Waals surface area contributed by atoms with Crippen LogP contribution in [0.25, 0.3) is 10.9 Å². The molecule has 3 aromatic carbocycles. The second-order valence-electron chi connectivity index (χ2n) is 8.29. The summed E-state index contributed by atoms with van der Waals surface area (Å²) in [7, 11) is 0. The molecule has 0 fully saturated rings. The van der Waals surface area contributed by atoms with Gasteiger partial charge in [-0.25, -0.2) is 4.79 Å². The minimum atomic E-state index is -1.04. The number of benzene rings is 3. The molecular weight excluding hydrogens is 432 g/mol. The molecule has 0 spiro atoms. The normalized spacial score (nSPS) is 15.1. The number of H-pyrrole nitrogens is 1. The van der Waals surface area contributed by atoms with Crippen molar-refractivity contribution in [3.05, 3.63) is 101 Å². The van der Waals surface area contributed by atoms with Gasteiger partial charge in [0.2, 0.25) is 0 Å². The summed E-state index contributed by atoms with van der Waals surface area (Å²) in [5, 5.41) is 10.7. The molecule has 34 heavy (non-hydrogen) atoms. The van der Waals surface area contributed by atoms with Crippen LogP contribution in [0.15, 0.2) is 79.0 Å². The summed E-state index contributed by atoms with van der Waals surface area (Å²) >= 11 is 0. The van der Waals surface area contributed by atoms with E-state index in [2.05, 4.69) is 4.98 Å². The zero-order chi connectivity index (χ0) is 23.7. The molecule has 1 unspecified atom stereocenters. The van der Waals surface area contributed by atoms with E-state index in [9.17, 15) is 19.5 Å². The van der Waals surface area contributed by atoms with Crippen molar-refractivity contribution in [1.82, 2.24) is 9.88 Å². The number of carbonyl (C=O) groups excluding carboxylic acids is 2. The summed E-state index contributed by atoms with van der Waals surface area (Å²) in [4.78, 5) is 41.9. The number of carboxylic acid groups (broad SMARTS) is 1. The van der Waals surface area contributed by atoms with Crippen LogP contribution in [-0.4, -0.2) is 38.9 Å². The average Bonchev–Trinajstić information content (AvgIpc) is 3.26. The largest absolute Gasteiger partial charge is 0.480 e. The number of amides is 1. The Labute approximate surface area is 195 Å². The second kappa shape index (κ2) is 8.86. The van der Waals surface area contributed by atoms with Crippen LogP contribution in [0.2, 0.25) is 0 Å². The number of rotatable bonds is 5. The third kappa shape index (κ3) is 4.15. The highest BCUT2D eigenvalue weighted by Crippen LogP contribution is 2.26. The third-order valence-corrected chi connectivity index (χ3v) is 6.14. The minimum Gasteiger partial charge on any atom is -0.480 e. The molecule has 2 N–H and O–H groups in total. The SMILES string of the molecule is O=C(Cc1c[nH]c2ccccc12)Oc1ccc(C(=O)N2Cc3ccccc3CC2C(=O)O)cc1. The quantitative estimate of drug-likeness (QED) is 0.351. The fourth-order valence-electron chi connectivity index (χ4n) is 4.39. The molecule has 1 atom stereocenters. The van der Waals surface area contributed by atoms with Crippen molar-refractivity contribution in [2.75, 3.05) is 0 Å². The molecule has 2 heterocycles. The highest BCUT2D eigenvalue weighted by Gasteiger charge is 2.34. The Kier molecular flexibility index (Phi) is 5.59. The lowest BCUT2D eigenvalue weighted by Crippen LogP contribution is -2.48. The lowest BCUT2D eigenvalue weighted by molar-refractivity contribution is -0.142. The standard InChI is InChI=1S/C27H22N2O5/c30-25(14-20-15-28-23-8-4-3-7-22(20)23)34-21-11-9-17(10-12-21)26(31)29-16-19-6-2-1-5-18(19)13-24(29)27(32)33/h1-12,15,24,28H,13-14,16H2,(H,32,33). The van der Waals surface area contributed by atoms with Crippen LogP contribution in [0.5, 0.6) is 5.75 Å². The van der Waals surface area contributed by atoms with Crippen molar-refractivity contribution < 1.29 is 24.2 Å². The number of nitrogens with zero attached hydrogens (tertiary/aromatic N) is 1. The molecule has 4 aromatic rings. The van der Waals surface area contributed by atoms with E-state index in [1.165, 1.54) is 4.90 Å². The van der Waals surface area contributed by atoms with E-state index in [1.54, 1.807) is 30.5 Å². The predicted octanol–water partition coefficient (Wildman–Crippen LogP) is 3.97. The van der Waals surface area contributed by atoms with Gasteiger partial charge in [-0.3, -0.25) is 9.59 Å². The van der Waals surface area contributed by atoms with Gasteiger partial charge in [-0.1, -0.05) is 42.5 Å². The van der Waals surface area contributed by atoms with Crippen LogP contribution in [0.4, 0.5) is 0 Å². The molecule has 1 aliphatic rings. The van der Waals surface area contributed by atoms with Gasteiger partial charge in [0.25, 0.3) is 5.91 Å². The maximum Gasteiger partial charge on any atom is 0.326 e. The summed E-state index contributed by atoms with van der Waals surface area (Å²) in [5.41, 5.74) is 4.01. The van der Waals surface area contributed by atoms with E-state index < -0.39 is 18.0 Å². The van der Waals surface area contributed by atoms with E-state index in [1.807, 2.05) is 48.5 Å². The molecule has 0 saturated heterocycles. The third-order valence-electron chi connectivity index (χ3n) is 6.14. The van der Waals surface area contributed by atoms with E-state index >= 15 is 0 Å². The number of hydrogen-bond donors (Lipinski definition) is 2. The zero-order valence-electron chi connectivity index (χ0n) is 18.2. The molecule has 5 rings (SSSR count). The first kappa shape index (κ1) is 21.5. The maximum atomic E-state index is 13.1. The van der Waals surface area contributed by atoms with Gasteiger partial charge < -0.3 is 19.7 Å². The monoisotopic (exact) mass is 454 g/mol. The molecule has 0 radical (unpaired) electrons. The average molecular weight is 454 g/mol. The number of hydrogen-bond acceptors (Lipinski definition) is 4. The van der Waals surface area contributed by atoms with Gasteiger partial charge in [0.15, 0.2) is 0 Å². The number of fused-ring (bicyclic) bond motifs is 2. The molecule has 1 aromatic heterocycles. The zero-order valence-corrected chi connectivity index (χ0v) is 18.2. The maximum absolute atomic E-state index is 13.1. The van der Waals surface area contributed by atoms with Crippen molar-refractivity contribution in [2.24, 2.45) is 0 Å². The Balaban J connectivity index is 1.28. The molecule has 0 bridgehead atoms. The van der Waals surface area contributed by atoms with Crippen LogP contribution in [-0.2, 0) is 29.0 Å². The van der Waals surface area contributed by atoms with E-state index in [4.69, 9.17) is 4.74 Å². The molecule has 7 nitrogen and oxygen atoms in total. The second-order valence-corrected chi connectivity index (χ2v) is 8.29. The first-order valence-electron chi connectivity index (χ1n) is 11.0. The Morgan fingerprint density at radius 2 is 1.65 bits per heavy atom. The van der Waals surface area contributed by atoms with Crippen LogP contribution < -0.4 is 4.74 Å². The first-order valence-corrected chi connectivity index (χ1v) is 11.0. The van der Waals surface area contributed by atoms with Crippen LogP contribution in [0.3, 0.4) is 0 Å². The van der Waals surface area contributed by atoms with Crippen molar-refractivity contribution in [2.45, 2.75) is 25.4 Å². The van der Waals surface area contributed by atoms with E-state index in [0.29, 0.717) is 11.3 Å². The Hall–Kier alpha value is -4.39. The highest BCUT2D eigenvalue weighted by atomic mass is 16.5. The fourth-order valence-corrected chi connectivity index (χ4v) is 4.39. The number of carbonyl (C=O) groups is 3. The molecule has 1 aliphatic heterocycles. The number of aliphatic carboxylic acids is 1. The molecule has 7 heteroatoms. The minimum absolute atomic E-state index is 0.109. The van der Waals surface area contributed by atoms with Crippen molar-refractivity contribution in [3.8, 4) is 5.75 Å². The highest BCUT2D eigenvalue weighted by molar-refractivity contribution is 5.97. The molecule has 170 valence electrons. The number of nitrogens with one attached hydrogen (secondary N) is 1. The Bertz CT molecular complexity index is 1390. The van der Waals surface area contributed by atoms with Crippen LogP contribution in [0, 0.1) is 0 Å². The van der Waals surface area contributed by atoms with Gasteiger partial charge >= 0.3 is 11.9 Å². The van der Waals surface area contributed by atoms with Crippen LogP contribution >= 0.6 is 0 Å². The van der Waals surface area contributed by atoms with Crippen molar-refractivity contribution >= 4 is 28.7 Å². The van der Waals surface area contributed by atoms with E-state index in [0.717, 1.165) is 27.6 Å². The number of aromatic nitrogens is 1. The van der Waals surface area contributed by atoms with Gasteiger partial charge in [-0.05, 0) is 47.0 Å². The molecular formula is C27H22N2O5. The topological polar surface area (TPSA) is 99.7 Å². The summed E-state index contributed by atoms with van der Waals surface area (Å²) in [6, 6.07) is 20.5. The van der Waals surface area contributed by atoms with Gasteiger partial charge in [0, 0.05) is 35.6 Å². The van der Waals surface area contributed by atoms with Gasteiger partial charge in [-0.2, -0.15) is 0 Å². The Morgan fingerprint density at radius 3 is 2.41 bits per heavy atom. The van der Waals surface area contributed by atoms with Crippen LogP contribution in [0.1, 0.15) is 27.0 Å². The van der Waals surface area contributed by atoms with Crippen molar-refractivity contribution in [3.63, 3.8) is 0 Å². The summed E-state index contributed by atoms with van der Waals surface area (Å²) in [5.74, 6) is -1.51. The first-order chi connectivity index (χ1) is 16.5. The van der Waals surface area contributed by atoms with Gasteiger partial charge in [-0.15, -0.1) is 0 Å². The molecule has 0 aliphatic carbocycles. The fraction of sp³-hybridized carbons (Fsp3) is 0.148. The number of carboxylic acids is 1. The van der Waals surface area contributed by atoms with Crippen molar-refractivity contribution in [1.29, 1.82) is 0 Å².